The molecule has 120 valence electrons. The molecule has 1 fully saturated rings. The van der Waals surface area contributed by atoms with Crippen molar-refractivity contribution in [3.63, 3.8) is 0 Å². The number of nitrogens with zero attached hydrogens (tertiary/aromatic N) is 3. The number of carbonyl (C=O) groups excluding carboxylic acids is 1. The van der Waals surface area contributed by atoms with Crippen molar-refractivity contribution in [2.45, 2.75) is 25.3 Å². The average molecular weight is 336 g/mol. The predicted molar refractivity (Wildman–Crippen MR) is 80.3 cm³/mol. The molecule has 0 aliphatic heterocycles. The Labute approximate surface area is 133 Å². The van der Waals surface area contributed by atoms with E-state index in [1.165, 1.54) is 6.07 Å². The molecule has 0 spiro atoms. The molecule has 0 bridgehead atoms. The van der Waals surface area contributed by atoms with Crippen molar-refractivity contribution < 1.29 is 19.6 Å². The first kappa shape index (κ1) is 15.3. The summed E-state index contributed by atoms with van der Waals surface area (Å²) >= 11 is 0.810. The number of amides is 1. The highest BCUT2D eigenvalue weighted by molar-refractivity contribution is 7.00. The number of fused-ring (bicyclic) bond motifs is 1. The fourth-order valence-corrected chi connectivity index (χ4v) is 2.83. The number of hydrogen-bond donors (Lipinski definition) is 2. The SMILES string of the molecule is O=C(NC(CC1CC1)C(=O)O)c1cc([N+](=O)[O-])c2nsnc2c1. The summed E-state index contributed by atoms with van der Waals surface area (Å²) in [5.41, 5.74) is 0.0298. The van der Waals surface area contributed by atoms with Gasteiger partial charge in [0.1, 0.15) is 11.6 Å². The smallest absolute Gasteiger partial charge is 0.326 e. The van der Waals surface area contributed by atoms with E-state index in [0.29, 0.717) is 12.3 Å². The molecule has 1 unspecified atom stereocenters. The van der Waals surface area contributed by atoms with E-state index >= 15 is 0 Å². The Morgan fingerprint density at radius 3 is 2.78 bits per heavy atom. The molecule has 1 heterocycles. The molecule has 1 amide bonds. The molecule has 23 heavy (non-hydrogen) atoms. The second-order valence-corrected chi connectivity index (χ2v) is 5.96. The Hall–Kier alpha value is -2.62. The number of nitrogens with one attached hydrogen (secondary N) is 1. The number of aromatic nitrogens is 2. The van der Waals surface area contributed by atoms with E-state index < -0.39 is 22.8 Å². The quantitative estimate of drug-likeness (QED) is 0.604. The molecule has 1 aromatic heterocycles. The van der Waals surface area contributed by atoms with Crippen LogP contribution in [0.1, 0.15) is 29.6 Å². The Balaban J connectivity index is 1.87. The molecule has 1 saturated carbocycles. The van der Waals surface area contributed by atoms with Gasteiger partial charge in [0.2, 0.25) is 0 Å². The van der Waals surface area contributed by atoms with Crippen molar-refractivity contribution in [3.8, 4) is 0 Å². The molecule has 2 aromatic rings. The fraction of sp³-hybridized carbons (Fsp3) is 0.385. The maximum atomic E-state index is 12.3. The number of rotatable bonds is 6. The van der Waals surface area contributed by atoms with E-state index in [1.807, 2.05) is 0 Å². The van der Waals surface area contributed by atoms with Crippen LogP contribution in [-0.2, 0) is 4.79 Å². The standard InChI is InChI=1S/C13H12N4O5S/c18-12(14-9(13(19)20)3-6-1-2-6)7-4-8-11(16-23-15-8)10(5-7)17(21)22/h4-6,9H,1-3H2,(H,14,18)(H,19,20). The Morgan fingerprint density at radius 1 is 1.43 bits per heavy atom. The normalized spacial score (nSPS) is 15.3. The second kappa shape index (κ2) is 5.88. The lowest BCUT2D eigenvalue weighted by Crippen LogP contribution is -2.41. The van der Waals surface area contributed by atoms with Crippen LogP contribution in [-0.4, -0.2) is 36.7 Å². The van der Waals surface area contributed by atoms with E-state index in [-0.39, 0.29) is 22.3 Å². The molecule has 2 N–H and O–H groups in total. The first-order chi connectivity index (χ1) is 11.0. The number of nitro benzene ring substituents is 1. The van der Waals surface area contributed by atoms with E-state index in [9.17, 15) is 24.8 Å². The lowest BCUT2D eigenvalue weighted by Gasteiger charge is -2.14. The number of nitro groups is 1. The van der Waals surface area contributed by atoms with Crippen LogP contribution in [0.5, 0.6) is 0 Å². The second-order valence-electron chi connectivity index (χ2n) is 5.43. The van der Waals surface area contributed by atoms with Crippen LogP contribution in [0, 0.1) is 16.0 Å². The van der Waals surface area contributed by atoms with E-state index in [1.54, 1.807) is 0 Å². The molecule has 0 radical (unpaired) electrons. The zero-order valence-corrected chi connectivity index (χ0v) is 12.6. The molecule has 1 aliphatic carbocycles. The maximum absolute atomic E-state index is 12.3. The summed E-state index contributed by atoms with van der Waals surface area (Å²) in [6, 6.07) is 1.46. The van der Waals surface area contributed by atoms with Crippen LogP contribution in [0.2, 0.25) is 0 Å². The van der Waals surface area contributed by atoms with Crippen molar-refractivity contribution in [1.29, 1.82) is 0 Å². The number of carboxylic acid groups (broad SMARTS) is 1. The third kappa shape index (κ3) is 3.26. The Bertz CT molecular complexity index is 801. The van der Waals surface area contributed by atoms with Gasteiger partial charge in [0.15, 0.2) is 5.52 Å². The van der Waals surface area contributed by atoms with E-state index in [4.69, 9.17) is 0 Å². The molecule has 1 aromatic carbocycles. The number of benzene rings is 1. The summed E-state index contributed by atoms with van der Waals surface area (Å²) in [5.74, 6) is -1.47. The monoisotopic (exact) mass is 336 g/mol. The maximum Gasteiger partial charge on any atom is 0.326 e. The number of hydrogen-bond acceptors (Lipinski definition) is 7. The zero-order valence-electron chi connectivity index (χ0n) is 11.8. The van der Waals surface area contributed by atoms with Crippen LogP contribution < -0.4 is 5.32 Å². The first-order valence-corrected chi connectivity index (χ1v) is 7.63. The highest BCUT2D eigenvalue weighted by Crippen LogP contribution is 2.33. The van der Waals surface area contributed by atoms with Gasteiger partial charge in [-0.3, -0.25) is 14.9 Å². The van der Waals surface area contributed by atoms with Crippen LogP contribution >= 0.6 is 11.7 Å². The lowest BCUT2D eigenvalue weighted by molar-refractivity contribution is -0.383. The number of aliphatic carboxylic acids is 1. The summed E-state index contributed by atoms with van der Waals surface area (Å²) < 4.78 is 7.75. The summed E-state index contributed by atoms with van der Waals surface area (Å²) in [5, 5.41) is 22.7. The van der Waals surface area contributed by atoms with Gasteiger partial charge in [-0.1, -0.05) is 12.8 Å². The minimum Gasteiger partial charge on any atom is -0.480 e. The highest BCUT2D eigenvalue weighted by Gasteiger charge is 2.31. The van der Waals surface area contributed by atoms with Gasteiger partial charge in [0.05, 0.1) is 16.7 Å². The minimum absolute atomic E-state index is 0.000975. The van der Waals surface area contributed by atoms with Crippen molar-refractivity contribution >= 4 is 40.3 Å². The van der Waals surface area contributed by atoms with Crippen molar-refractivity contribution in [2.75, 3.05) is 0 Å². The zero-order chi connectivity index (χ0) is 16.6. The molecule has 0 saturated heterocycles. The van der Waals surface area contributed by atoms with Crippen molar-refractivity contribution in [3.05, 3.63) is 27.8 Å². The van der Waals surface area contributed by atoms with Gasteiger partial charge in [-0.05, 0) is 18.4 Å². The number of non-ortho nitro benzene ring substituents is 1. The predicted octanol–water partition coefficient (Wildman–Crippen LogP) is 1.58. The van der Waals surface area contributed by atoms with Gasteiger partial charge < -0.3 is 10.4 Å². The summed E-state index contributed by atoms with van der Waals surface area (Å²) in [7, 11) is 0. The molecule has 1 aliphatic rings. The van der Waals surface area contributed by atoms with Crippen LogP contribution in [0.3, 0.4) is 0 Å². The van der Waals surface area contributed by atoms with Gasteiger partial charge in [0.25, 0.3) is 11.6 Å². The molecule has 9 nitrogen and oxygen atoms in total. The van der Waals surface area contributed by atoms with Gasteiger partial charge in [-0.15, -0.1) is 0 Å². The van der Waals surface area contributed by atoms with E-state index in [0.717, 1.165) is 30.6 Å². The third-order valence-electron chi connectivity index (χ3n) is 3.67. The van der Waals surface area contributed by atoms with Crippen LogP contribution in [0.15, 0.2) is 12.1 Å². The lowest BCUT2D eigenvalue weighted by atomic mass is 10.1. The minimum atomic E-state index is -1.11. The third-order valence-corrected chi connectivity index (χ3v) is 4.21. The molecule has 3 rings (SSSR count). The Morgan fingerprint density at radius 2 is 2.17 bits per heavy atom. The topological polar surface area (TPSA) is 135 Å². The Kier molecular flexibility index (Phi) is 3.90. The molecule has 1 atom stereocenters. The van der Waals surface area contributed by atoms with Gasteiger partial charge in [-0.2, -0.15) is 8.75 Å². The first-order valence-electron chi connectivity index (χ1n) is 6.90. The number of carboxylic acids is 1. The van der Waals surface area contributed by atoms with Gasteiger partial charge >= 0.3 is 5.97 Å². The molecular weight excluding hydrogens is 324 g/mol. The largest absolute Gasteiger partial charge is 0.480 e. The average Bonchev–Trinajstić information content (AvgIpc) is 3.19. The highest BCUT2D eigenvalue weighted by atomic mass is 32.1. The van der Waals surface area contributed by atoms with Crippen molar-refractivity contribution in [1.82, 2.24) is 14.1 Å². The van der Waals surface area contributed by atoms with Gasteiger partial charge in [-0.25, -0.2) is 4.79 Å². The number of carbonyl (C=O) groups is 2. The van der Waals surface area contributed by atoms with E-state index in [2.05, 4.69) is 14.1 Å². The summed E-state index contributed by atoms with van der Waals surface area (Å²) in [6.45, 7) is 0. The molecular formula is C13H12N4O5S. The van der Waals surface area contributed by atoms with Gasteiger partial charge in [0, 0.05) is 11.6 Å². The van der Waals surface area contributed by atoms with Crippen LogP contribution in [0.4, 0.5) is 5.69 Å². The summed E-state index contributed by atoms with van der Waals surface area (Å²) in [4.78, 5) is 33.9. The fourth-order valence-electron chi connectivity index (χ4n) is 2.29. The molecule has 10 heteroatoms. The van der Waals surface area contributed by atoms with Crippen LogP contribution in [0.25, 0.3) is 11.0 Å². The van der Waals surface area contributed by atoms with Crippen molar-refractivity contribution in [2.24, 2.45) is 5.92 Å². The summed E-state index contributed by atoms with van der Waals surface area (Å²) in [6.07, 6.45) is 2.28.